The van der Waals surface area contributed by atoms with Crippen molar-refractivity contribution < 1.29 is 14.3 Å². The molecule has 0 amide bonds. The molecule has 6 heteroatoms. The molecule has 0 heterocycles. The van der Waals surface area contributed by atoms with E-state index in [9.17, 15) is 4.79 Å². The van der Waals surface area contributed by atoms with E-state index in [1.807, 2.05) is 5.40 Å². The lowest BCUT2D eigenvalue weighted by molar-refractivity contribution is 0.0597. The van der Waals surface area contributed by atoms with E-state index in [-0.39, 0.29) is 0 Å². The van der Waals surface area contributed by atoms with Crippen LogP contribution in [0.4, 0.5) is 5.69 Å². The molecule has 0 bridgehead atoms. The molecular formula is C11H12N2O3S. The van der Waals surface area contributed by atoms with E-state index in [0.29, 0.717) is 16.2 Å². The molecule has 0 aliphatic rings. The molecule has 1 aromatic carbocycles. The molecule has 0 aliphatic heterocycles. The van der Waals surface area contributed by atoms with Gasteiger partial charge in [-0.25, -0.2) is 4.79 Å². The second-order valence-corrected chi connectivity index (χ2v) is 3.81. The van der Waals surface area contributed by atoms with Crippen molar-refractivity contribution in [2.24, 2.45) is 0 Å². The van der Waals surface area contributed by atoms with Gasteiger partial charge in [0.15, 0.2) is 0 Å². The van der Waals surface area contributed by atoms with Crippen LogP contribution < -0.4 is 10.1 Å². The fourth-order valence-corrected chi connectivity index (χ4v) is 1.87. The molecule has 1 N–H and O–H groups in total. The number of carbonyl (C=O) groups excluding carboxylic acids is 1. The van der Waals surface area contributed by atoms with Crippen molar-refractivity contribution in [2.75, 3.05) is 26.6 Å². The monoisotopic (exact) mass is 252 g/mol. The molecule has 0 radical (unpaired) electrons. The second kappa shape index (κ2) is 6.01. The molecule has 0 spiro atoms. The van der Waals surface area contributed by atoms with Crippen molar-refractivity contribution in [3.05, 3.63) is 17.7 Å². The lowest BCUT2D eigenvalue weighted by Crippen LogP contribution is -2.05. The Morgan fingerprint density at radius 1 is 1.47 bits per heavy atom. The number of hydrogen-bond donors (Lipinski definition) is 1. The number of methoxy groups -OCH3 is 2. The summed E-state index contributed by atoms with van der Waals surface area (Å²) in [4.78, 5) is 12.2. The Morgan fingerprint density at radius 3 is 2.65 bits per heavy atom. The number of thiocyanates is 1. The molecule has 1 aromatic rings. The van der Waals surface area contributed by atoms with Gasteiger partial charge in [0.05, 0.1) is 19.9 Å². The predicted molar refractivity (Wildman–Crippen MR) is 65.4 cm³/mol. The first-order valence-electron chi connectivity index (χ1n) is 4.72. The van der Waals surface area contributed by atoms with Gasteiger partial charge in [0.1, 0.15) is 16.7 Å². The minimum atomic E-state index is -0.496. The summed E-state index contributed by atoms with van der Waals surface area (Å²) in [7, 11) is 4.50. The van der Waals surface area contributed by atoms with Gasteiger partial charge in [-0.3, -0.25) is 0 Å². The molecule has 0 aliphatic carbocycles. The van der Waals surface area contributed by atoms with Crippen LogP contribution in [0.5, 0.6) is 5.75 Å². The van der Waals surface area contributed by atoms with Crippen molar-refractivity contribution in [3.8, 4) is 11.2 Å². The first-order valence-corrected chi connectivity index (χ1v) is 5.53. The van der Waals surface area contributed by atoms with E-state index < -0.39 is 5.97 Å². The quantitative estimate of drug-likeness (QED) is 0.502. The normalized spacial score (nSPS) is 9.29. The molecule has 0 unspecified atom stereocenters. The lowest BCUT2D eigenvalue weighted by Gasteiger charge is -2.12. The Morgan fingerprint density at radius 2 is 2.18 bits per heavy atom. The van der Waals surface area contributed by atoms with Crippen LogP contribution in [0.15, 0.2) is 17.0 Å². The molecule has 0 atom stereocenters. The first kappa shape index (κ1) is 13.2. The fourth-order valence-electron chi connectivity index (χ4n) is 1.33. The van der Waals surface area contributed by atoms with Gasteiger partial charge in [0, 0.05) is 18.0 Å². The van der Waals surface area contributed by atoms with Gasteiger partial charge in [-0.15, -0.1) is 0 Å². The number of ether oxygens (including phenoxy) is 2. The molecule has 0 saturated heterocycles. The Kier molecular flexibility index (Phi) is 4.67. The van der Waals surface area contributed by atoms with Crippen LogP contribution in [0.3, 0.4) is 0 Å². The molecule has 0 fully saturated rings. The van der Waals surface area contributed by atoms with Gasteiger partial charge in [-0.2, -0.15) is 5.26 Å². The number of benzene rings is 1. The Labute approximate surface area is 104 Å². The van der Waals surface area contributed by atoms with Crippen molar-refractivity contribution in [1.29, 1.82) is 5.26 Å². The predicted octanol–water partition coefficient (Wildman–Crippen LogP) is 2.10. The number of anilines is 1. The molecule has 0 saturated carbocycles. The highest BCUT2D eigenvalue weighted by Gasteiger charge is 2.16. The first-order chi connectivity index (χ1) is 8.17. The third-order valence-electron chi connectivity index (χ3n) is 2.13. The van der Waals surface area contributed by atoms with Crippen molar-refractivity contribution in [2.45, 2.75) is 4.90 Å². The SMILES string of the molecule is CNc1cc(OC)c(C(=O)OC)cc1SC#N. The summed E-state index contributed by atoms with van der Waals surface area (Å²) >= 11 is 0.967. The van der Waals surface area contributed by atoms with Gasteiger partial charge >= 0.3 is 5.97 Å². The van der Waals surface area contributed by atoms with Crippen LogP contribution in [0.25, 0.3) is 0 Å². The average Bonchev–Trinajstić information content (AvgIpc) is 2.37. The number of thioether (sulfide) groups is 1. The molecule has 90 valence electrons. The van der Waals surface area contributed by atoms with E-state index in [1.165, 1.54) is 14.2 Å². The van der Waals surface area contributed by atoms with E-state index >= 15 is 0 Å². The van der Waals surface area contributed by atoms with E-state index in [0.717, 1.165) is 17.4 Å². The van der Waals surface area contributed by atoms with E-state index in [4.69, 9.17) is 10.00 Å². The summed E-state index contributed by atoms with van der Waals surface area (Å²) in [5.41, 5.74) is 1.02. The number of nitriles is 1. The summed E-state index contributed by atoms with van der Waals surface area (Å²) < 4.78 is 9.76. The maximum Gasteiger partial charge on any atom is 0.341 e. The Hall–Kier alpha value is -1.87. The van der Waals surface area contributed by atoms with E-state index in [1.54, 1.807) is 19.2 Å². The summed E-state index contributed by atoms with van der Waals surface area (Å²) in [6, 6.07) is 3.23. The van der Waals surface area contributed by atoms with Gasteiger partial charge in [0.2, 0.25) is 0 Å². The van der Waals surface area contributed by atoms with Crippen LogP contribution in [0.1, 0.15) is 10.4 Å². The fraction of sp³-hybridized carbons (Fsp3) is 0.273. The smallest absolute Gasteiger partial charge is 0.341 e. The second-order valence-electron chi connectivity index (χ2n) is 2.98. The summed E-state index contributed by atoms with van der Waals surface area (Å²) in [5, 5.41) is 13.6. The van der Waals surface area contributed by atoms with Gasteiger partial charge in [-0.05, 0) is 17.8 Å². The highest BCUT2D eigenvalue weighted by atomic mass is 32.2. The zero-order chi connectivity index (χ0) is 12.8. The van der Waals surface area contributed by atoms with Crippen LogP contribution in [0, 0.1) is 10.7 Å². The third kappa shape index (κ3) is 2.82. The minimum Gasteiger partial charge on any atom is -0.496 e. The van der Waals surface area contributed by atoms with E-state index in [2.05, 4.69) is 10.1 Å². The largest absolute Gasteiger partial charge is 0.496 e. The zero-order valence-electron chi connectivity index (χ0n) is 9.73. The highest BCUT2D eigenvalue weighted by Crippen LogP contribution is 2.33. The molecule has 1 rings (SSSR count). The van der Waals surface area contributed by atoms with Crippen LogP contribution in [0.2, 0.25) is 0 Å². The van der Waals surface area contributed by atoms with Crippen LogP contribution in [-0.2, 0) is 4.74 Å². The Bertz CT molecular complexity index is 469. The van der Waals surface area contributed by atoms with Gasteiger partial charge < -0.3 is 14.8 Å². The number of hydrogen-bond acceptors (Lipinski definition) is 6. The summed E-state index contributed by atoms with van der Waals surface area (Å²) in [5.74, 6) is -0.0900. The molecule has 17 heavy (non-hydrogen) atoms. The molecule has 5 nitrogen and oxygen atoms in total. The third-order valence-corrected chi connectivity index (χ3v) is 2.78. The Balaban J connectivity index is 3.34. The summed E-state index contributed by atoms with van der Waals surface area (Å²) in [6.45, 7) is 0. The van der Waals surface area contributed by atoms with Crippen molar-refractivity contribution >= 4 is 23.4 Å². The topological polar surface area (TPSA) is 71.3 Å². The maximum absolute atomic E-state index is 11.5. The van der Waals surface area contributed by atoms with Crippen LogP contribution in [-0.4, -0.2) is 27.2 Å². The average molecular weight is 252 g/mol. The zero-order valence-corrected chi connectivity index (χ0v) is 10.6. The molecular weight excluding hydrogens is 240 g/mol. The number of nitrogens with zero attached hydrogens (tertiary/aromatic N) is 1. The van der Waals surface area contributed by atoms with Crippen molar-refractivity contribution in [3.63, 3.8) is 0 Å². The number of rotatable bonds is 4. The number of carbonyl (C=O) groups is 1. The molecule has 0 aromatic heterocycles. The number of nitrogens with one attached hydrogen (secondary N) is 1. The number of esters is 1. The van der Waals surface area contributed by atoms with Gasteiger partial charge in [-0.1, -0.05) is 0 Å². The lowest BCUT2D eigenvalue weighted by atomic mass is 10.2. The minimum absolute atomic E-state index is 0.298. The highest BCUT2D eigenvalue weighted by molar-refractivity contribution is 8.03. The maximum atomic E-state index is 11.5. The van der Waals surface area contributed by atoms with Gasteiger partial charge in [0.25, 0.3) is 0 Å². The summed E-state index contributed by atoms with van der Waals surface area (Å²) in [6.07, 6.45) is 0. The van der Waals surface area contributed by atoms with Crippen LogP contribution >= 0.6 is 11.8 Å². The van der Waals surface area contributed by atoms with Crippen molar-refractivity contribution in [1.82, 2.24) is 0 Å². The standard InChI is InChI=1S/C11H12N2O3S/c1-13-8-5-9(15-2)7(11(14)16-3)4-10(8)17-6-12/h4-5,13H,1-3H3.